The van der Waals surface area contributed by atoms with E-state index in [0.717, 1.165) is 36.1 Å². The van der Waals surface area contributed by atoms with Crippen molar-refractivity contribution < 1.29 is 13.2 Å². The van der Waals surface area contributed by atoms with Crippen LogP contribution in [0.25, 0.3) is 0 Å². The van der Waals surface area contributed by atoms with Crippen molar-refractivity contribution in [3.8, 4) is 0 Å². The van der Waals surface area contributed by atoms with E-state index in [1.54, 1.807) is 4.31 Å². The van der Waals surface area contributed by atoms with Gasteiger partial charge >= 0.3 is 0 Å². The Hall–Kier alpha value is -1.70. The van der Waals surface area contributed by atoms with Gasteiger partial charge in [0.05, 0.1) is 30.7 Å². The Morgan fingerprint density at radius 3 is 2.88 bits per heavy atom. The molecule has 0 radical (unpaired) electrons. The number of hydrogen-bond acceptors (Lipinski definition) is 4. The molecule has 1 unspecified atom stereocenters. The summed E-state index contributed by atoms with van der Waals surface area (Å²) >= 11 is 0. The maximum atomic E-state index is 13.0. The third-order valence-electron chi connectivity index (χ3n) is 5.10. The van der Waals surface area contributed by atoms with Crippen LogP contribution >= 0.6 is 0 Å². The fraction of sp³-hybridized carbons (Fsp3) is 0.500. The lowest BCUT2D eigenvalue weighted by molar-refractivity contribution is 0.108. The van der Waals surface area contributed by atoms with Crippen molar-refractivity contribution in [2.24, 2.45) is 7.05 Å². The summed E-state index contributed by atoms with van der Waals surface area (Å²) in [6.45, 7) is 1.79. The predicted molar refractivity (Wildman–Crippen MR) is 94.3 cm³/mol. The molecular formula is C18H23N3O3S. The molecule has 2 aliphatic heterocycles. The molecule has 3 heterocycles. The van der Waals surface area contributed by atoms with Crippen LogP contribution in [0.1, 0.15) is 41.4 Å². The SMILES string of the molecule is Cn1nc(C2CCCN2S(=O)(=O)Cc2ccccc2)c2c1CCOC2. The Morgan fingerprint density at radius 1 is 1.28 bits per heavy atom. The van der Waals surface area contributed by atoms with Gasteiger partial charge in [0.15, 0.2) is 0 Å². The van der Waals surface area contributed by atoms with E-state index in [2.05, 4.69) is 5.10 Å². The first-order chi connectivity index (χ1) is 12.1. The highest BCUT2D eigenvalue weighted by Gasteiger charge is 2.38. The van der Waals surface area contributed by atoms with E-state index in [1.165, 1.54) is 5.69 Å². The summed E-state index contributed by atoms with van der Waals surface area (Å²) in [6.07, 6.45) is 2.52. The van der Waals surface area contributed by atoms with Gasteiger partial charge < -0.3 is 4.74 Å². The van der Waals surface area contributed by atoms with Crippen molar-refractivity contribution in [1.29, 1.82) is 0 Å². The third-order valence-corrected chi connectivity index (χ3v) is 6.95. The molecule has 0 N–H and O–H groups in total. The molecule has 1 aromatic carbocycles. The molecule has 1 atom stereocenters. The normalized spacial score (nSPS) is 21.4. The second kappa shape index (κ2) is 6.55. The molecule has 1 aromatic heterocycles. The number of fused-ring (bicyclic) bond motifs is 1. The van der Waals surface area contributed by atoms with Gasteiger partial charge in [0.1, 0.15) is 0 Å². The Kier molecular flexibility index (Phi) is 4.39. The van der Waals surface area contributed by atoms with Gasteiger partial charge in [0.2, 0.25) is 10.0 Å². The van der Waals surface area contributed by atoms with Crippen LogP contribution in [-0.4, -0.2) is 35.7 Å². The number of rotatable bonds is 4. The zero-order valence-electron chi connectivity index (χ0n) is 14.4. The van der Waals surface area contributed by atoms with E-state index in [4.69, 9.17) is 4.74 Å². The first-order valence-electron chi connectivity index (χ1n) is 8.72. The molecule has 0 saturated carbocycles. The molecule has 1 saturated heterocycles. The van der Waals surface area contributed by atoms with Gasteiger partial charge in [0.25, 0.3) is 0 Å². The minimum Gasteiger partial charge on any atom is -0.376 e. The molecule has 0 aliphatic carbocycles. The molecule has 134 valence electrons. The average molecular weight is 361 g/mol. The third kappa shape index (κ3) is 3.12. The second-order valence-corrected chi connectivity index (χ2v) is 8.67. The summed E-state index contributed by atoms with van der Waals surface area (Å²) in [7, 11) is -1.45. The number of sulfonamides is 1. The van der Waals surface area contributed by atoms with Crippen LogP contribution in [0.3, 0.4) is 0 Å². The molecule has 0 spiro atoms. The standard InChI is InChI=1S/C18H23N3O3S/c1-20-16-9-11-24-12-15(16)18(19-20)17-8-5-10-21(17)25(22,23)13-14-6-3-2-4-7-14/h2-4,6-7,17H,5,8-13H2,1H3. The molecule has 6 nitrogen and oxygen atoms in total. The van der Waals surface area contributed by atoms with E-state index in [0.29, 0.717) is 19.8 Å². The van der Waals surface area contributed by atoms with Gasteiger partial charge in [-0.15, -0.1) is 0 Å². The average Bonchev–Trinajstić information content (AvgIpc) is 3.21. The van der Waals surface area contributed by atoms with Gasteiger partial charge in [-0.3, -0.25) is 4.68 Å². The fourth-order valence-electron chi connectivity index (χ4n) is 3.92. The zero-order chi connectivity index (χ0) is 17.4. The van der Waals surface area contributed by atoms with E-state index < -0.39 is 10.0 Å². The van der Waals surface area contributed by atoms with Crippen LogP contribution < -0.4 is 0 Å². The molecule has 1 fully saturated rings. The van der Waals surface area contributed by atoms with Crippen molar-refractivity contribution in [2.45, 2.75) is 37.7 Å². The molecule has 2 aromatic rings. The Labute approximate surface area is 148 Å². The lowest BCUT2D eigenvalue weighted by Gasteiger charge is -2.24. The second-order valence-electron chi connectivity index (χ2n) is 6.75. The lowest BCUT2D eigenvalue weighted by atomic mass is 10.0. The molecule has 4 rings (SSSR count). The number of hydrogen-bond donors (Lipinski definition) is 0. The Morgan fingerprint density at radius 2 is 2.08 bits per heavy atom. The van der Waals surface area contributed by atoms with Crippen LogP contribution in [0, 0.1) is 0 Å². The molecule has 0 bridgehead atoms. The van der Waals surface area contributed by atoms with Gasteiger partial charge in [-0.25, -0.2) is 8.42 Å². The Bertz CT molecular complexity index is 861. The van der Waals surface area contributed by atoms with Crippen LogP contribution in [0.2, 0.25) is 0 Å². The summed E-state index contributed by atoms with van der Waals surface area (Å²) in [6, 6.07) is 9.19. The number of benzene rings is 1. The van der Waals surface area contributed by atoms with E-state index >= 15 is 0 Å². The van der Waals surface area contributed by atoms with Crippen molar-refractivity contribution in [2.75, 3.05) is 13.2 Å². The summed E-state index contributed by atoms with van der Waals surface area (Å²) in [4.78, 5) is 0. The summed E-state index contributed by atoms with van der Waals surface area (Å²) in [5.74, 6) is 0.0376. The monoisotopic (exact) mass is 361 g/mol. The first kappa shape index (κ1) is 16.8. The number of nitrogens with zero attached hydrogens (tertiary/aromatic N) is 3. The summed E-state index contributed by atoms with van der Waals surface area (Å²) < 4.78 is 35.2. The van der Waals surface area contributed by atoms with Crippen molar-refractivity contribution in [1.82, 2.24) is 14.1 Å². The number of ether oxygens (including phenoxy) is 1. The van der Waals surface area contributed by atoms with Crippen LogP contribution in [0.4, 0.5) is 0 Å². The summed E-state index contributed by atoms with van der Waals surface area (Å²) in [5.41, 5.74) is 3.96. The molecule has 2 aliphatic rings. The van der Waals surface area contributed by atoms with Gasteiger partial charge in [-0.1, -0.05) is 30.3 Å². The van der Waals surface area contributed by atoms with Crippen LogP contribution in [0.15, 0.2) is 30.3 Å². The summed E-state index contributed by atoms with van der Waals surface area (Å²) in [5, 5.41) is 4.68. The maximum absolute atomic E-state index is 13.0. The number of aromatic nitrogens is 2. The first-order valence-corrected chi connectivity index (χ1v) is 10.3. The highest BCUT2D eigenvalue weighted by Crippen LogP contribution is 2.38. The maximum Gasteiger partial charge on any atom is 0.218 e. The predicted octanol–water partition coefficient (Wildman–Crippen LogP) is 2.16. The lowest BCUT2D eigenvalue weighted by Crippen LogP contribution is -2.32. The van der Waals surface area contributed by atoms with Crippen molar-refractivity contribution >= 4 is 10.0 Å². The van der Waals surface area contributed by atoms with Gasteiger partial charge in [-0.2, -0.15) is 9.40 Å². The quantitative estimate of drug-likeness (QED) is 0.837. The van der Waals surface area contributed by atoms with Crippen LogP contribution in [0.5, 0.6) is 0 Å². The Balaban J connectivity index is 1.65. The highest BCUT2D eigenvalue weighted by molar-refractivity contribution is 7.88. The minimum atomic E-state index is -3.38. The van der Waals surface area contributed by atoms with Gasteiger partial charge in [-0.05, 0) is 18.4 Å². The van der Waals surface area contributed by atoms with Crippen molar-refractivity contribution in [3.05, 3.63) is 52.8 Å². The minimum absolute atomic E-state index is 0.0376. The van der Waals surface area contributed by atoms with Crippen molar-refractivity contribution in [3.63, 3.8) is 0 Å². The topological polar surface area (TPSA) is 64.4 Å². The number of aryl methyl sites for hydroxylation is 1. The molecular weight excluding hydrogens is 338 g/mol. The molecule has 25 heavy (non-hydrogen) atoms. The largest absolute Gasteiger partial charge is 0.376 e. The van der Waals surface area contributed by atoms with E-state index in [1.807, 2.05) is 42.1 Å². The molecule has 0 amide bonds. The zero-order valence-corrected chi connectivity index (χ0v) is 15.2. The smallest absolute Gasteiger partial charge is 0.218 e. The van der Waals surface area contributed by atoms with Crippen LogP contribution in [-0.2, 0) is 40.6 Å². The van der Waals surface area contributed by atoms with Gasteiger partial charge in [0, 0.05) is 31.3 Å². The highest BCUT2D eigenvalue weighted by atomic mass is 32.2. The van der Waals surface area contributed by atoms with E-state index in [-0.39, 0.29) is 11.8 Å². The van der Waals surface area contributed by atoms with E-state index in [9.17, 15) is 8.42 Å². The fourth-order valence-corrected chi connectivity index (χ4v) is 5.70. The molecule has 7 heteroatoms.